The van der Waals surface area contributed by atoms with Crippen LogP contribution >= 0.6 is 0 Å². The fourth-order valence-corrected chi connectivity index (χ4v) is 4.14. The lowest BCUT2D eigenvalue weighted by atomic mass is 10.3. The highest BCUT2D eigenvalue weighted by molar-refractivity contribution is 8.00. The highest BCUT2D eigenvalue weighted by atomic mass is 32.2. The molecule has 0 spiro atoms. The van der Waals surface area contributed by atoms with Crippen molar-refractivity contribution in [2.75, 3.05) is 0 Å². The van der Waals surface area contributed by atoms with Crippen LogP contribution in [0.4, 0.5) is 17.6 Å². The van der Waals surface area contributed by atoms with Crippen LogP contribution in [0.2, 0.25) is 0 Å². The minimum absolute atomic E-state index is 0.219. The summed E-state index contributed by atoms with van der Waals surface area (Å²) in [7, 11) is -1.08. The van der Waals surface area contributed by atoms with Gasteiger partial charge in [-0.1, -0.05) is 24.8 Å². The van der Waals surface area contributed by atoms with Crippen molar-refractivity contribution in [3.63, 3.8) is 0 Å². The molecule has 118 valence electrons. The van der Waals surface area contributed by atoms with Crippen LogP contribution in [-0.4, -0.2) is 0 Å². The monoisotopic (exact) mass is 337 g/mol. The van der Waals surface area contributed by atoms with E-state index in [1.165, 1.54) is 0 Å². The Morgan fingerprint density at radius 2 is 1.57 bits per heavy atom. The minimum atomic E-state index is -1.08. The molecule has 0 aromatic heterocycles. The molecule has 2 rings (SSSR count). The van der Waals surface area contributed by atoms with Gasteiger partial charge in [-0.3, -0.25) is 0 Å². The van der Waals surface area contributed by atoms with Crippen LogP contribution < -0.4 is 0 Å². The Morgan fingerprint density at radius 3 is 2.09 bits per heavy atom. The fraction of sp³-hybridized carbons (Fsp3) is 0. The van der Waals surface area contributed by atoms with Crippen molar-refractivity contribution in [3.05, 3.63) is 96.0 Å². The number of benzene rings is 2. The molecule has 0 saturated heterocycles. The van der Waals surface area contributed by atoms with Crippen LogP contribution in [0.25, 0.3) is 0 Å². The Bertz CT molecular complexity index is 731. The second-order valence-electron chi connectivity index (χ2n) is 4.51. The third kappa shape index (κ3) is 4.60. The van der Waals surface area contributed by atoms with Crippen LogP contribution in [0, 0.1) is 11.6 Å². The van der Waals surface area contributed by atoms with E-state index in [0.29, 0.717) is 4.90 Å². The van der Waals surface area contributed by atoms with E-state index < -0.39 is 28.4 Å². The largest absolute Gasteiger partial charge is 0.215 e. The summed E-state index contributed by atoms with van der Waals surface area (Å²) in [6, 6.07) is 11.8. The molecule has 0 nitrogen and oxygen atoms in total. The minimum Gasteiger partial charge on any atom is -0.215 e. The van der Waals surface area contributed by atoms with Gasteiger partial charge in [0.2, 0.25) is 0 Å². The zero-order chi connectivity index (χ0) is 16.8. The molecule has 0 saturated carbocycles. The van der Waals surface area contributed by atoms with Gasteiger partial charge in [0, 0.05) is 30.4 Å². The first-order valence-corrected chi connectivity index (χ1v) is 7.82. The molecule has 1 atom stereocenters. The van der Waals surface area contributed by atoms with Crippen LogP contribution in [-0.2, 0) is 10.9 Å². The first kappa shape index (κ1) is 17.1. The van der Waals surface area contributed by atoms with Crippen LogP contribution in [0.1, 0.15) is 0 Å². The summed E-state index contributed by atoms with van der Waals surface area (Å²) in [5.74, 6) is -2.28. The number of allylic oxidation sites excluding steroid dienone is 3. The summed E-state index contributed by atoms with van der Waals surface area (Å²) in [5.41, 5.74) is 0. The van der Waals surface area contributed by atoms with E-state index in [2.05, 4.69) is 6.58 Å². The third-order valence-corrected chi connectivity index (χ3v) is 4.99. The smallest absolute Gasteiger partial charge is 0.172 e. The molecule has 0 aliphatic carbocycles. The highest BCUT2D eigenvalue weighted by Crippen LogP contribution is 2.32. The number of halogens is 4. The predicted octanol–water partition coefficient (Wildman–Crippen LogP) is 5.85. The summed E-state index contributed by atoms with van der Waals surface area (Å²) < 4.78 is 53.1. The van der Waals surface area contributed by atoms with E-state index in [-0.39, 0.29) is 16.1 Å². The van der Waals surface area contributed by atoms with Crippen molar-refractivity contribution in [1.82, 2.24) is 0 Å². The Labute approximate surface area is 134 Å². The maximum Gasteiger partial charge on any atom is 0.172 e. The zero-order valence-corrected chi connectivity index (χ0v) is 12.8. The summed E-state index contributed by atoms with van der Waals surface area (Å²) in [5, 5.41) is 0. The molecule has 0 heterocycles. The predicted molar refractivity (Wildman–Crippen MR) is 85.3 cm³/mol. The molecule has 2 aromatic carbocycles. The SMILES string of the molecule is C=C(F)/C=C(\C=C\F)[S+](c1ccccc1)c1cc(F)cc(F)c1. The topological polar surface area (TPSA) is 0 Å². The van der Waals surface area contributed by atoms with Gasteiger partial charge in [0.05, 0.1) is 17.2 Å². The zero-order valence-electron chi connectivity index (χ0n) is 12.0. The van der Waals surface area contributed by atoms with Crippen molar-refractivity contribution < 1.29 is 17.6 Å². The second-order valence-corrected chi connectivity index (χ2v) is 6.54. The number of hydrogen-bond donors (Lipinski definition) is 0. The molecule has 23 heavy (non-hydrogen) atoms. The molecule has 5 heteroatoms. The molecule has 2 aromatic rings. The van der Waals surface area contributed by atoms with E-state index >= 15 is 0 Å². The Hall–Kier alpha value is -2.27. The first-order chi connectivity index (χ1) is 11.0. The molecule has 1 unspecified atom stereocenters. The third-order valence-electron chi connectivity index (χ3n) is 2.81. The Morgan fingerprint density at radius 1 is 0.957 bits per heavy atom. The van der Waals surface area contributed by atoms with Gasteiger partial charge in [0.1, 0.15) is 17.5 Å². The molecule has 0 aliphatic rings. The molecule has 0 aliphatic heterocycles. The van der Waals surface area contributed by atoms with Gasteiger partial charge in [-0.25, -0.2) is 17.6 Å². The molecular formula is C18H13F4S+. The average Bonchev–Trinajstić information content (AvgIpc) is 2.47. The second kappa shape index (κ2) is 7.83. The summed E-state index contributed by atoms with van der Waals surface area (Å²) in [4.78, 5) is 1.17. The molecule has 0 radical (unpaired) electrons. The van der Waals surface area contributed by atoms with Crippen molar-refractivity contribution in [2.45, 2.75) is 9.79 Å². The van der Waals surface area contributed by atoms with Gasteiger partial charge in [-0.2, -0.15) is 0 Å². The van der Waals surface area contributed by atoms with Gasteiger partial charge in [0.25, 0.3) is 0 Å². The van der Waals surface area contributed by atoms with E-state index in [1.54, 1.807) is 30.3 Å². The van der Waals surface area contributed by atoms with E-state index in [1.807, 2.05) is 0 Å². The summed E-state index contributed by atoms with van der Waals surface area (Å²) >= 11 is 0. The molecule has 0 bridgehead atoms. The Kier molecular flexibility index (Phi) is 5.82. The van der Waals surface area contributed by atoms with Crippen molar-refractivity contribution in [3.8, 4) is 0 Å². The Balaban J connectivity index is 2.67. The van der Waals surface area contributed by atoms with Crippen LogP contribution in [0.3, 0.4) is 0 Å². The van der Waals surface area contributed by atoms with Crippen molar-refractivity contribution >= 4 is 10.9 Å². The average molecular weight is 337 g/mol. The molecule has 0 fully saturated rings. The first-order valence-electron chi connectivity index (χ1n) is 6.59. The van der Waals surface area contributed by atoms with Gasteiger partial charge < -0.3 is 0 Å². The number of rotatable bonds is 5. The quantitative estimate of drug-likeness (QED) is 0.365. The normalized spacial score (nSPS) is 13.3. The highest BCUT2D eigenvalue weighted by Gasteiger charge is 2.31. The van der Waals surface area contributed by atoms with Gasteiger partial charge in [-0.15, -0.1) is 0 Å². The lowest BCUT2D eigenvalue weighted by Crippen LogP contribution is -2.07. The maximum absolute atomic E-state index is 13.6. The lowest BCUT2D eigenvalue weighted by molar-refractivity contribution is 0.577. The van der Waals surface area contributed by atoms with Gasteiger partial charge in [-0.05, 0) is 12.1 Å². The summed E-state index contributed by atoms with van der Waals surface area (Å²) in [6.45, 7) is 3.14. The van der Waals surface area contributed by atoms with Gasteiger partial charge >= 0.3 is 0 Å². The van der Waals surface area contributed by atoms with Gasteiger partial charge in [0.15, 0.2) is 14.7 Å². The fourth-order valence-electron chi connectivity index (χ4n) is 2.00. The van der Waals surface area contributed by atoms with E-state index in [4.69, 9.17) is 0 Å². The van der Waals surface area contributed by atoms with Crippen LogP contribution in [0.5, 0.6) is 0 Å². The lowest BCUT2D eigenvalue weighted by Gasteiger charge is -2.08. The maximum atomic E-state index is 13.6. The molecule has 0 amide bonds. The van der Waals surface area contributed by atoms with Crippen LogP contribution in [0.15, 0.2) is 94.1 Å². The molecular weight excluding hydrogens is 324 g/mol. The molecule has 0 N–H and O–H groups in total. The van der Waals surface area contributed by atoms with E-state index in [9.17, 15) is 17.6 Å². The standard InChI is InChI=1S/C18H13F4S/c1-13(20)9-17(7-8-19)23(16-5-3-2-4-6-16)18-11-14(21)10-15(22)12-18/h2-12H,1H2/q+1/b8-7+,17-9+. The summed E-state index contributed by atoms with van der Waals surface area (Å²) in [6.07, 6.45) is 2.37. The van der Waals surface area contributed by atoms with E-state index in [0.717, 1.165) is 30.4 Å². The van der Waals surface area contributed by atoms with Crippen molar-refractivity contribution in [1.29, 1.82) is 0 Å². The number of hydrogen-bond acceptors (Lipinski definition) is 0. The van der Waals surface area contributed by atoms with Crippen molar-refractivity contribution in [2.24, 2.45) is 0 Å².